The molecule has 1 amide bonds. The Morgan fingerprint density at radius 3 is 2.52 bits per heavy atom. The summed E-state index contributed by atoms with van der Waals surface area (Å²) in [5.41, 5.74) is 6.65. The van der Waals surface area contributed by atoms with E-state index in [0.29, 0.717) is 13.1 Å². The highest BCUT2D eigenvalue weighted by molar-refractivity contribution is 5.84. The number of aryl methyl sites for hydroxylation is 1. The standard InChI is InChI=1S/C21H23N3O3/c1-16-7-9-18(10-8-16)22-20(25)26-24-13-11-21(12-14-24)15-19(23-27-21)17-5-3-2-4-6-17/h2-10,15,23H,11-14H2,1H3,(H,22,25). The van der Waals surface area contributed by atoms with E-state index in [1.54, 1.807) is 5.06 Å². The van der Waals surface area contributed by atoms with Gasteiger partial charge in [0.1, 0.15) is 5.60 Å². The molecular weight excluding hydrogens is 342 g/mol. The summed E-state index contributed by atoms with van der Waals surface area (Å²) in [6.45, 7) is 3.23. The molecule has 0 unspecified atom stereocenters. The van der Waals surface area contributed by atoms with E-state index in [9.17, 15) is 4.79 Å². The molecule has 140 valence electrons. The number of anilines is 1. The fraction of sp³-hybridized carbons (Fsp3) is 0.286. The van der Waals surface area contributed by atoms with Gasteiger partial charge in [-0.15, -0.1) is 5.06 Å². The SMILES string of the molecule is Cc1ccc(NC(=O)ON2CCC3(C=C(c4ccccc4)NO3)CC2)cc1. The van der Waals surface area contributed by atoms with Gasteiger partial charge >= 0.3 is 6.09 Å². The van der Waals surface area contributed by atoms with Crippen LogP contribution >= 0.6 is 0 Å². The zero-order valence-corrected chi connectivity index (χ0v) is 15.3. The van der Waals surface area contributed by atoms with Crippen LogP contribution in [0.4, 0.5) is 10.5 Å². The Hall–Kier alpha value is -2.83. The van der Waals surface area contributed by atoms with Crippen molar-refractivity contribution in [3.05, 3.63) is 71.8 Å². The Labute approximate surface area is 158 Å². The first-order valence-corrected chi connectivity index (χ1v) is 9.15. The Morgan fingerprint density at radius 2 is 1.81 bits per heavy atom. The minimum atomic E-state index is -0.471. The maximum atomic E-state index is 12.1. The molecule has 0 radical (unpaired) electrons. The molecule has 6 heteroatoms. The monoisotopic (exact) mass is 365 g/mol. The zero-order valence-electron chi connectivity index (χ0n) is 15.3. The average Bonchev–Trinajstić information content (AvgIpc) is 3.10. The third-order valence-corrected chi connectivity index (χ3v) is 4.94. The molecule has 1 fully saturated rings. The normalized spacial score (nSPS) is 18.6. The highest BCUT2D eigenvalue weighted by Crippen LogP contribution is 2.34. The van der Waals surface area contributed by atoms with Crippen molar-refractivity contribution in [2.24, 2.45) is 0 Å². The van der Waals surface area contributed by atoms with Crippen LogP contribution in [0.3, 0.4) is 0 Å². The maximum absolute atomic E-state index is 12.1. The number of nitrogens with zero attached hydrogens (tertiary/aromatic N) is 1. The van der Waals surface area contributed by atoms with E-state index < -0.39 is 6.09 Å². The number of hydrogen-bond acceptors (Lipinski definition) is 5. The fourth-order valence-electron chi connectivity index (χ4n) is 3.34. The molecule has 2 aromatic carbocycles. The van der Waals surface area contributed by atoms with Gasteiger partial charge in [-0.1, -0.05) is 48.0 Å². The molecule has 0 bridgehead atoms. The van der Waals surface area contributed by atoms with Gasteiger partial charge in [-0.3, -0.25) is 15.6 Å². The summed E-state index contributed by atoms with van der Waals surface area (Å²) in [5.74, 6) is 0. The fourth-order valence-corrected chi connectivity index (χ4v) is 3.34. The van der Waals surface area contributed by atoms with Gasteiger partial charge in [0.05, 0.1) is 5.70 Å². The van der Waals surface area contributed by atoms with E-state index >= 15 is 0 Å². The third kappa shape index (κ3) is 4.13. The van der Waals surface area contributed by atoms with Crippen LogP contribution in [0.5, 0.6) is 0 Å². The van der Waals surface area contributed by atoms with Crippen LogP contribution < -0.4 is 10.8 Å². The van der Waals surface area contributed by atoms with Crippen LogP contribution in [0.2, 0.25) is 0 Å². The van der Waals surface area contributed by atoms with Crippen LogP contribution in [0.15, 0.2) is 60.7 Å². The van der Waals surface area contributed by atoms with E-state index in [-0.39, 0.29) is 5.60 Å². The van der Waals surface area contributed by atoms with Gasteiger partial charge < -0.3 is 4.84 Å². The van der Waals surface area contributed by atoms with E-state index in [0.717, 1.165) is 35.4 Å². The Bertz CT molecular complexity index is 826. The molecule has 2 aliphatic rings. The average molecular weight is 365 g/mol. The second kappa shape index (κ2) is 7.42. The number of piperidine rings is 1. The van der Waals surface area contributed by atoms with Crippen LogP contribution in [0.25, 0.3) is 5.70 Å². The minimum absolute atomic E-state index is 0.349. The number of hydroxylamine groups is 3. The van der Waals surface area contributed by atoms with Gasteiger partial charge in [0.2, 0.25) is 0 Å². The molecule has 1 spiro atoms. The van der Waals surface area contributed by atoms with Gasteiger partial charge in [-0.2, -0.15) is 0 Å². The lowest BCUT2D eigenvalue weighted by atomic mass is 9.91. The van der Waals surface area contributed by atoms with Crippen molar-refractivity contribution < 1.29 is 14.5 Å². The highest BCUT2D eigenvalue weighted by atomic mass is 16.7. The predicted molar refractivity (Wildman–Crippen MR) is 103 cm³/mol. The number of carbonyl (C=O) groups excluding carboxylic acids is 1. The van der Waals surface area contributed by atoms with Crippen molar-refractivity contribution in [1.82, 2.24) is 10.5 Å². The molecule has 2 heterocycles. The van der Waals surface area contributed by atoms with Gasteiger partial charge in [-0.25, -0.2) is 4.79 Å². The second-order valence-corrected chi connectivity index (χ2v) is 6.99. The lowest BCUT2D eigenvalue weighted by molar-refractivity contribution is -0.153. The molecule has 6 nitrogen and oxygen atoms in total. The first-order valence-electron chi connectivity index (χ1n) is 9.15. The first-order chi connectivity index (χ1) is 13.1. The molecular formula is C21H23N3O3. The van der Waals surface area contributed by atoms with Crippen molar-refractivity contribution in [3.63, 3.8) is 0 Å². The van der Waals surface area contributed by atoms with Gasteiger partial charge in [0, 0.05) is 18.8 Å². The second-order valence-electron chi connectivity index (χ2n) is 6.99. The zero-order chi connectivity index (χ0) is 18.7. The topological polar surface area (TPSA) is 62.8 Å². The van der Waals surface area contributed by atoms with E-state index in [1.807, 2.05) is 49.4 Å². The Balaban J connectivity index is 1.31. The van der Waals surface area contributed by atoms with Crippen LogP contribution in [0, 0.1) is 6.92 Å². The number of carbonyl (C=O) groups is 1. The van der Waals surface area contributed by atoms with Crippen molar-refractivity contribution >= 4 is 17.5 Å². The third-order valence-electron chi connectivity index (χ3n) is 4.94. The Kier molecular flexibility index (Phi) is 4.83. The van der Waals surface area contributed by atoms with Crippen LogP contribution in [-0.4, -0.2) is 29.8 Å². The van der Waals surface area contributed by atoms with E-state index in [1.165, 1.54) is 0 Å². The molecule has 27 heavy (non-hydrogen) atoms. The van der Waals surface area contributed by atoms with Crippen LogP contribution in [0.1, 0.15) is 24.0 Å². The van der Waals surface area contributed by atoms with Gasteiger partial charge in [0.15, 0.2) is 0 Å². The molecule has 2 aromatic rings. The van der Waals surface area contributed by atoms with Gasteiger partial charge in [-0.05, 0) is 43.5 Å². The number of amides is 1. The highest BCUT2D eigenvalue weighted by Gasteiger charge is 2.39. The number of benzene rings is 2. The quantitative estimate of drug-likeness (QED) is 0.865. The number of rotatable bonds is 3. The smallest absolute Gasteiger partial charge is 0.351 e. The molecule has 2 N–H and O–H groups in total. The van der Waals surface area contributed by atoms with E-state index in [2.05, 4.69) is 29.0 Å². The minimum Gasteiger partial charge on any atom is -0.351 e. The maximum Gasteiger partial charge on any atom is 0.430 e. The molecule has 0 aliphatic carbocycles. The van der Waals surface area contributed by atoms with E-state index in [4.69, 9.17) is 9.68 Å². The molecule has 1 saturated heterocycles. The molecule has 2 aliphatic heterocycles. The molecule has 0 saturated carbocycles. The van der Waals surface area contributed by atoms with Gasteiger partial charge in [0.25, 0.3) is 0 Å². The number of nitrogens with one attached hydrogen (secondary N) is 2. The summed E-state index contributed by atoms with van der Waals surface area (Å²) >= 11 is 0. The lowest BCUT2D eigenvalue weighted by Crippen LogP contribution is -2.45. The first kappa shape index (κ1) is 17.6. The summed E-state index contributed by atoms with van der Waals surface area (Å²) in [5, 5.41) is 4.43. The Morgan fingerprint density at radius 1 is 1.11 bits per heavy atom. The van der Waals surface area contributed by atoms with Crippen molar-refractivity contribution in [2.45, 2.75) is 25.4 Å². The van der Waals surface area contributed by atoms with Crippen molar-refractivity contribution in [1.29, 1.82) is 0 Å². The van der Waals surface area contributed by atoms with Crippen molar-refractivity contribution in [3.8, 4) is 0 Å². The van der Waals surface area contributed by atoms with Crippen molar-refractivity contribution in [2.75, 3.05) is 18.4 Å². The van der Waals surface area contributed by atoms with Crippen LogP contribution in [-0.2, 0) is 9.68 Å². The summed E-state index contributed by atoms with van der Waals surface area (Å²) in [7, 11) is 0. The number of hydrogen-bond donors (Lipinski definition) is 2. The predicted octanol–water partition coefficient (Wildman–Crippen LogP) is 3.87. The summed E-state index contributed by atoms with van der Waals surface area (Å²) < 4.78 is 0. The largest absolute Gasteiger partial charge is 0.430 e. The summed E-state index contributed by atoms with van der Waals surface area (Å²) in [4.78, 5) is 23.4. The molecule has 0 aromatic heterocycles. The molecule has 4 rings (SSSR count). The molecule has 0 atom stereocenters. The lowest BCUT2D eigenvalue weighted by Gasteiger charge is -2.35. The summed E-state index contributed by atoms with van der Waals surface area (Å²) in [6.07, 6.45) is 3.16. The summed E-state index contributed by atoms with van der Waals surface area (Å²) in [6, 6.07) is 17.7.